The van der Waals surface area contributed by atoms with E-state index in [1.807, 2.05) is 0 Å². The Morgan fingerprint density at radius 3 is 2.19 bits per heavy atom. The van der Waals surface area contributed by atoms with E-state index in [1.54, 1.807) is 12.1 Å². The molecule has 8 N–H and O–H groups in total. The number of methoxy groups -OCH3 is 1. The lowest BCUT2D eigenvalue weighted by Crippen LogP contribution is -2.60. The average Bonchev–Trinajstić information content (AvgIpc) is 2.99. The first-order valence-electron chi connectivity index (χ1n) is 13.3. The minimum atomic E-state index is -1.85. The molecule has 0 aliphatic carbocycles. The summed E-state index contributed by atoms with van der Waals surface area (Å²) in [6.45, 7) is 0.714. The maximum absolute atomic E-state index is 13.8. The van der Waals surface area contributed by atoms with Crippen molar-refractivity contribution < 1.29 is 69.0 Å². The number of ether oxygens (including phenoxy) is 5. The van der Waals surface area contributed by atoms with E-state index in [-0.39, 0.29) is 28.0 Å². The molecule has 0 spiro atoms. The molecule has 0 radical (unpaired) electrons. The highest BCUT2D eigenvalue weighted by molar-refractivity contribution is 5.88. The molecule has 5 rings (SSSR count). The summed E-state index contributed by atoms with van der Waals surface area (Å²) in [7, 11) is 1.45. The van der Waals surface area contributed by atoms with E-state index >= 15 is 0 Å². The van der Waals surface area contributed by atoms with Crippen molar-refractivity contribution in [3.05, 3.63) is 46.6 Å². The van der Waals surface area contributed by atoms with Crippen LogP contribution in [-0.2, 0) is 9.47 Å². The molecule has 0 saturated carbocycles. The Morgan fingerprint density at radius 2 is 1.53 bits per heavy atom. The lowest BCUT2D eigenvalue weighted by atomic mass is 9.99. The van der Waals surface area contributed by atoms with Crippen molar-refractivity contribution in [2.24, 2.45) is 0 Å². The van der Waals surface area contributed by atoms with Crippen LogP contribution >= 0.6 is 0 Å². The third kappa shape index (κ3) is 5.74. The summed E-state index contributed by atoms with van der Waals surface area (Å²) in [5.41, 5.74) is -0.881. The molecule has 15 nitrogen and oxygen atoms in total. The zero-order chi connectivity index (χ0) is 31.2. The molecule has 0 amide bonds. The molecule has 2 aliphatic rings. The van der Waals surface area contributed by atoms with E-state index in [0.29, 0.717) is 5.75 Å². The van der Waals surface area contributed by atoms with Gasteiger partial charge in [-0.1, -0.05) is 0 Å². The maximum Gasteiger partial charge on any atom is 0.239 e. The molecule has 234 valence electrons. The molecular formula is C28H32O15. The molecule has 1 aromatic heterocycles. The van der Waals surface area contributed by atoms with Gasteiger partial charge in [-0.05, 0) is 31.2 Å². The standard InChI is InChI=1S/C28H32O15/c1-10-18(31)22(35)26(27(37)39-10)40-13-7-14(30)17-15(8-13)41-24(11-3-5-12(38-2)6-4-11)25(20(17)33)43-28-23(36)21(34)19(32)16(9-29)42-28/h3-8,10,16,18-19,21-23,26-32,34-37H,9H2,1-2H3/t10-,16+,18-,19+,21-,22+,23+,26-,27-,28-/m1/s1. The SMILES string of the molecule is COc1ccc(-c2oc3cc(O[C@@H]4[C@@H](O)[C@H](O)[C@@H](C)O[C@H]4O)cc(O)c3c(=O)c2O[C@H]2O[C@@H](CO)[C@H](O)[C@@H](O)[C@@H]2O)cc1. The van der Waals surface area contributed by atoms with Crippen LogP contribution in [0.4, 0.5) is 0 Å². The molecule has 2 aromatic carbocycles. The van der Waals surface area contributed by atoms with Crippen LogP contribution in [0.2, 0.25) is 0 Å². The van der Waals surface area contributed by atoms with Crippen LogP contribution in [-0.4, -0.2) is 116 Å². The number of fused-ring (bicyclic) bond motifs is 1. The lowest BCUT2D eigenvalue weighted by molar-refractivity contribution is -0.277. The monoisotopic (exact) mass is 608 g/mol. The summed E-state index contributed by atoms with van der Waals surface area (Å²) in [5.74, 6) is -1.10. The highest BCUT2D eigenvalue weighted by Crippen LogP contribution is 2.38. The van der Waals surface area contributed by atoms with Crippen molar-refractivity contribution in [2.75, 3.05) is 13.7 Å². The minimum Gasteiger partial charge on any atom is -0.507 e. The topological polar surface area (TPSA) is 238 Å². The number of phenolic OH excluding ortho intramolecular Hbond substituents is 1. The molecule has 2 saturated heterocycles. The average molecular weight is 609 g/mol. The minimum absolute atomic E-state index is 0.162. The van der Waals surface area contributed by atoms with Crippen molar-refractivity contribution in [1.29, 1.82) is 0 Å². The second kappa shape index (κ2) is 12.2. The first-order chi connectivity index (χ1) is 20.4. The summed E-state index contributed by atoms with van der Waals surface area (Å²) >= 11 is 0. The smallest absolute Gasteiger partial charge is 0.239 e. The van der Waals surface area contributed by atoms with Gasteiger partial charge in [-0.15, -0.1) is 0 Å². The van der Waals surface area contributed by atoms with Gasteiger partial charge in [0.25, 0.3) is 0 Å². The third-order valence-electron chi connectivity index (χ3n) is 7.42. The zero-order valence-corrected chi connectivity index (χ0v) is 22.9. The maximum atomic E-state index is 13.8. The van der Waals surface area contributed by atoms with Crippen LogP contribution in [0.5, 0.6) is 23.0 Å². The second-order valence-electron chi connectivity index (χ2n) is 10.2. The highest BCUT2D eigenvalue weighted by Gasteiger charge is 2.46. The second-order valence-corrected chi connectivity index (χ2v) is 10.2. The van der Waals surface area contributed by atoms with Crippen molar-refractivity contribution in [3.63, 3.8) is 0 Å². The number of aliphatic hydroxyl groups is 7. The van der Waals surface area contributed by atoms with Gasteiger partial charge >= 0.3 is 0 Å². The number of aliphatic hydroxyl groups excluding tert-OH is 7. The first kappa shape index (κ1) is 30.9. The lowest BCUT2D eigenvalue weighted by Gasteiger charge is -2.39. The molecule has 0 unspecified atom stereocenters. The van der Waals surface area contributed by atoms with Crippen LogP contribution in [0, 0.1) is 0 Å². The van der Waals surface area contributed by atoms with Crippen molar-refractivity contribution in [3.8, 4) is 34.3 Å². The Balaban J connectivity index is 1.60. The van der Waals surface area contributed by atoms with Gasteiger partial charge in [-0.2, -0.15) is 0 Å². The van der Waals surface area contributed by atoms with E-state index < -0.39 is 84.9 Å². The fourth-order valence-corrected chi connectivity index (χ4v) is 4.95. The number of benzene rings is 2. The van der Waals surface area contributed by atoms with E-state index in [2.05, 4.69) is 0 Å². The van der Waals surface area contributed by atoms with Gasteiger partial charge in [-0.25, -0.2) is 0 Å². The molecule has 3 heterocycles. The molecule has 2 fully saturated rings. The molecule has 43 heavy (non-hydrogen) atoms. The Kier molecular flexibility index (Phi) is 8.80. The highest BCUT2D eigenvalue weighted by atomic mass is 16.7. The largest absolute Gasteiger partial charge is 0.507 e. The Hall–Kier alpha value is -3.51. The molecule has 0 bridgehead atoms. The molecule has 3 aromatic rings. The summed E-state index contributed by atoms with van der Waals surface area (Å²) in [4.78, 5) is 13.8. The molecule has 15 heteroatoms. The third-order valence-corrected chi connectivity index (χ3v) is 7.42. The Morgan fingerprint density at radius 1 is 0.837 bits per heavy atom. The quantitative estimate of drug-likeness (QED) is 0.153. The van der Waals surface area contributed by atoms with Gasteiger partial charge in [0.15, 0.2) is 18.2 Å². The predicted molar refractivity (Wildman–Crippen MR) is 144 cm³/mol. The van der Waals surface area contributed by atoms with Crippen LogP contribution in [0.3, 0.4) is 0 Å². The number of aromatic hydroxyl groups is 1. The van der Waals surface area contributed by atoms with Crippen LogP contribution in [0.1, 0.15) is 6.92 Å². The van der Waals surface area contributed by atoms with Crippen LogP contribution in [0.15, 0.2) is 45.6 Å². The van der Waals surface area contributed by atoms with E-state index in [0.717, 1.165) is 6.07 Å². The van der Waals surface area contributed by atoms with E-state index in [4.69, 9.17) is 28.1 Å². The van der Waals surface area contributed by atoms with Gasteiger partial charge in [0.2, 0.25) is 17.5 Å². The van der Waals surface area contributed by atoms with E-state index in [9.17, 15) is 45.6 Å². The first-order valence-corrected chi connectivity index (χ1v) is 13.3. The zero-order valence-electron chi connectivity index (χ0n) is 22.9. The van der Waals surface area contributed by atoms with Gasteiger partial charge in [0, 0.05) is 17.7 Å². The van der Waals surface area contributed by atoms with Gasteiger partial charge < -0.3 is 69.0 Å². The van der Waals surface area contributed by atoms with Crippen LogP contribution < -0.4 is 19.6 Å². The summed E-state index contributed by atoms with van der Waals surface area (Å²) < 4.78 is 33.1. The molecular weight excluding hydrogens is 576 g/mol. The van der Waals surface area contributed by atoms with Gasteiger partial charge in [-0.3, -0.25) is 4.79 Å². The van der Waals surface area contributed by atoms with Gasteiger partial charge in [0.1, 0.15) is 64.8 Å². The fraction of sp³-hybridized carbons (Fsp3) is 0.464. The van der Waals surface area contributed by atoms with E-state index in [1.165, 1.54) is 32.2 Å². The number of hydrogen-bond donors (Lipinski definition) is 8. The van der Waals surface area contributed by atoms with Crippen LogP contribution in [0.25, 0.3) is 22.3 Å². The summed E-state index contributed by atoms with van der Waals surface area (Å²) in [5, 5.41) is 81.7. The van der Waals surface area contributed by atoms with Gasteiger partial charge in [0.05, 0.1) is 19.8 Å². The molecule has 10 atom stereocenters. The Labute approximate surface area is 243 Å². The number of hydrogen-bond acceptors (Lipinski definition) is 15. The fourth-order valence-electron chi connectivity index (χ4n) is 4.95. The number of phenols is 1. The predicted octanol–water partition coefficient (Wildman–Crippen LogP) is -1.44. The van der Waals surface area contributed by atoms with Crippen molar-refractivity contribution >= 4 is 11.0 Å². The Bertz CT molecular complexity index is 1490. The van der Waals surface area contributed by atoms with Crippen molar-refractivity contribution in [2.45, 2.75) is 68.3 Å². The molecule has 2 aliphatic heterocycles. The summed E-state index contributed by atoms with van der Waals surface area (Å²) in [6, 6.07) is 8.38. The number of rotatable bonds is 7. The summed E-state index contributed by atoms with van der Waals surface area (Å²) in [6.07, 6.45) is -15.3. The normalized spacial score (nSPS) is 32.9. The van der Waals surface area contributed by atoms with Crippen molar-refractivity contribution in [1.82, 2.24) is 0 Å².